The van der Waals surface area contributed by atoms with E-state index >= 15 is 4.79 Å². The third-order valence-electron chi connectivity index (χ3n) is 16.9. The topological polar surface area (TPSA) is 283 Å². The third-order valence-corrected chi connectivity index (χ3v) is 16.9. The molecule has 6 heterocycles. The van der Waals surface area contributed by atoms with E-state index in [4.69, 9.17) is 47.0 Å². The number of aliphatic hydroxyl groups is 3. The summed E-state index contributed by atoms with van der Waals surface area (Å²) in [5.41, 5.74) is -8.58. The van der Waals surface area contributed by atoms with Crippen LogP contribution in [0, 0.1) is 0 Å². The predicted octanol–water partition coefficient (Wildman–Crippen LogP) is 5.60. The van der Waals surface area contributed by atoms with Crippen LogP contribution < -0.4 is 5.63 Å². The van der Waals surface area contributed by atoms with Crippen LogP contribution in [0.15, 0.2) is 57.3 Å². The zero-order valence-corrected chi connectivity index (χ0v) is 43.8. The molecular formula is C57H66O20. The number of ether oxygens (including phenoxy) is 9. The van der Waals surface area contributed by atoms with Crippen LogP contribution in [0.3, 0.4) is 0 Å². The molecule has 17 atom stereocenters. The summed E-state index contributed by atoms with van der Waals surface area (Å²) in [6.07, 6.45) is -4.74. The van der Waals surface area contributed by atoms with Gasteiger partial charge in [0.05, 0.1) is 59.5 Å². The number of phenolic OH excluding ortho intramolecular Hbond substituents is 2. The standard InChI is InChI=1S/C57H66O20/c1-25-35(59)11-15-42(69-25)73-37-13-17-44(71-27(37)3)75-40-22-39(68-29(5)50(40)62)33-21-34-46(30-7-9-31(58)10-8-30)54(65)76-53-47(34)48(52(33)64)51(63)32-19-20-56(66)24-55(6,23-41(61)57(56,67)49(32)53)77-45-18-14-38(28(4)72-45)74-43-16-12-36(60)26(2)70-43/h7-10,19-21,25-29,37-40,42-45,50,58,62,64,66-67H,11-18,22-24H2,1-6H3/t25-,26-,27-,28-,29+,37-,38-,39+,40+,42-,43-,44-,45-,50+,55-,56-,57-/m0/s1. The quantitative estimate of drug-likeness (QED) is 0.165. The monoisotopic (exact) mass is 1070 g/mol. The van der Waals surface area contributed by atoms with E-state index in [0.29, 0.717) is 51.4 Å². The first kappa shape index (κ1) is 53.9. The van der Waals surface area contributed by atoms with Gasteiger partial charge in [-0.1, -0.05) is 18.2 Å². The highest BCUT2D eigenvalue weighted by molar-refractivity contribution is 6.31. The second kappa shape index (κ2) is 20.2. The Morgan fingerprint density at radius 1 is 0.675 bits per heavy atom. The van der Waals surface area contributed by atoms with Crippen LogP contribution in [-0.2, 0) is 57.0 Å². The molecule has 5 aliphatic heterocycles. The average molecular weight is 1070 g/mol. The van der Waals surface area contributed by atoms with Gasteiger partial charge in [-0.15, -0.1) is 0 Å². The highest BCUT2D eigenvalue weighted by atomic mass is 16.7. The Hall–Kier alpha value is -5.07. The SMILES string of the molecule is C[C@@H]1O[C@@H](O[C@H]2CC[C@H](O[C@@H]3C[C@H](c4cc5c(-c6ccc(O)cc6)c(=O)oc6c5c(c4O)C(=O)C4=C6[C@@]5(O)C(=O)C[C@](C)(O[C@H]6CC[C@H](O[C@H]7CCC(=O)[C@H](C)O7)[C@H](C)O6)C[C@@]5(O)C=C4)O[C@H](C)[C@H]3O)O[C@H]2C)CCC1=O. The van der Waals surface area contributed by atoms with Crippen molar-refractivity contribution in [2.75, 3.05) is 0 Å². The lowest BCUT2D eigenvalue weighted by Gasteiger charge is -2.53. The smallest absolute Gasteiger partial charge is 0.344 e. The summed E-state index contributed by atoms with van der Waals surface area (Å²) < 4.78 is 61.8. The summed E-state index contributed by atoms with van der Waals surface area (Å²) in [6.45, 7) is 10.3. The molecule has 77 heavy (non-hydrogen) atoms. The Bertz CT molecular complexity index is 3000. The second-order valence-corrected chi connectivity index (χ2v) is 22.4. The maximum atomic E-state index is 15.2. The molecule has 0 bridgehead atoms. The summed E-state index contributed by atoms with van der Waals surface area (Å²) in [6, 6.07) is 7.12. The van der Waals surface area contributed by atoms with Gasteiger partial charge in [-0.25, -0.2) is 4.79 Å². The van der Waals surface area contributed by atoms with Gasteiger partial charge in [0, 0.05) is 85.3 Å². The number of carbonyl (C=O) groups is 4. The van der Waals surface area contributed by atoms with E-state index in [0.717, 1.165) is 6.08 Å². The number of rotatable bonds is 10. The molecule has 20 nitrogen and oxygen atoms in total. The van der Waals surface area contributed by atoms with Gasteiger partial charge in [0.1, 0.15) is 41.2 Å². The molecule has 414 valence electrons. The summed E-state index contributed by atoms with van der Waals surface area (Å²) in [7, 11) is 0. The van der Waals surface area contributed by atoms with E-state index < -0.39 is 131 Å². The van der Waals surface area contributed by atoms with E-state index in [9.17, 15) is 44.7 Å². The highest BCUT2D eigenvalue weighted by Crippen LogP contribution is 2.57. The first-order valence-electron chi connectivity index (χ1n) is 26.8. The Morgan fingerprint density at radius 2 is 1.26 bits per heavy atom. The van der Waals surface area contributed by atoms with Crippen molar-refractivity contribution in [2.45, 2.75) is 215 Å². The normalized spacial score (nSPS) is 39.4. The minimum atomic E-state index is -2.88. The van der Waals surface area contributed by atoms with Gasteiger partial charge < -0.3 is 72.6 Å². The second-order valence-electron chi connectivity index (χ2n) is 22.4. The van der Waals surface area contributed by atoms with Gasteiger partial charge >= 0.3 is 5.63 Å². The van der Waals surface area contributed by atoms with Crippen molar-refractivity contribution in [3.63, 3.8) is 0 Å². The fourth-order valence-electron chi connectivity index (χ4n) is 12.7. The van der Waals surface area contributed by atoms with Crippen LogP contribution in [0.25, 0.3) is 27.5 Å². The maximum absolute atomic E-state index is 15.2. The van der Waals surface area contributed by atoms with Gasteiger partial charge in [-0.3, -0.25) is 19.2 Å². The van der Waals surface area contributed by atoms with Crippen LogP contribution in [-0.4, -0.2) is 146 Å². The maximum Gasteiger partial charge on any atom is 0.344 e. The molecule has 5 N–H and O–H groups in total. The van der Waals surface area contributed by atoms with Crippen molar-refractivity contribution in [1.29, 1.82) is 0 Å². The highest BCUT2D eigenvalue weighted by Gasteiger charge is 2.67. The number of allylic oxidation sites excluding steroid dienone is 2. The van der Waals surface area contributed by atoms with Gasteiger partial charge in [0.2, 0.25) is 0 Å². The Balaban J connectivity index is 0.882. The van der Waals surface area contributed by atoms with Gasteiger partial charge in [0.15, 0.2) is 53.9 Å². The van der Waals surface area contributed by atoms with Crippen LogP contribution >= 0.6 is 0 Å². The molecular weight excluding hydrogens is 1000 g/mol. The predicted molar refractivity (Wildman–Crippen MR) is 268 cm³/mol. The number of ketones is 4. The van der Waals surface area contributed by atoms with E-state index in [1.54, 1.807) is 27.7 Å². The minimum Gasteiger partial charge on any atom is -0.508 e. The van der Waals surface area contributed by atoms with Gasteiger partial charge in [-0.2, -0.15) is 0 Å². The number of carbonyl (C=O) groups excluding carboxylic acids is 4. The zero-order valence-electron chi connectivity index (χ0n) is 43.8. The van der Waals surface area contributed by atoms with Crippen molar-refractivity contribution >= 4 is 39.5 Å². The summed E-state index contributed by atoms with van der Waals surface area (Å²) in [5, 5.41) is 59.8. The number of fused-ring (bicyclic) bond motifs is 3. The molecule has 0 unspecified atom stereocenters. The molecule has 0 amide bonds. The number of phenols is 2. The van der Waals surface area contributed by atoms with E-state index in [1.807, 2.05) is 13.8 Å². The minimum absolute atomic E-state index is 0.0134. The largest absolute Gasteiger partial charge is 0.508 e. The van der Waals surface area contributed by atoms with E-state index in [2.05, 4.69) is 0 Å². The van der Waals surface area contributed by atoms with Crippen LogP contribution in [0.2, 0.25) is 0 Å². The Labute approximate surface area is 443 Å². The van der Waals surface area contributed by atoms with Crippen molar-refractivity contribution in [2.24, 2.45) is 0 Å². The third kappa shape index (κ3) is 9.54. The van der Waals surface area contributed by atoms with E-state index in [-0.39, 0.29) is 81.0 Å². The van der Waals surface area contributed by atoms with Crippen LogP contribution in [0.1, 0.15) is 140 Å². The van der Waals surface area contributed by atoms with E-state index in [1.165, 1.54) is 36.4 Å². The molecule has 20 heteroatoms. The zero-order chi connectivity index (χ0) is 54.6. The summed E-state index contributed by atoms with van der Waals surface area (Å²) in [4.78, 5) is 68.7. The number of aromatic hydroxyl groups is 2. The lowest BCUT2D eigenvalue weighted by Crippen LogP contribution is -2.68. The number of aliphatic hydroxyl groups excluding tert-OH is 1. The van der Waals surface area contributed by atoms with Crippen molar-refractivity contribution in [1.82, 2.24) is 0 Å². The van der Waals surface area contributed by atoms with Gasteiger partial charge in [-0.05, 0) is 84.2 Å². The molecule has 1 aromatic heterocycles. The lowest BCUT2D eigenvalue weighted by atomic mass is 9.58. The van der Waals surface area contributed by atoms with Crippen LogP contribution in [0.4, 0.5) is 0 Å². The van der Waals surface area contributed by atoms with Crippen molar-refractivity contribution in [3.05, 3.63) is 75.4 Å². The molecule has 2 aromatic carbocycles. The molecule has 6 fully saturated rings. The lowest BCUT2D eigenvalue weighted by molar-refractivity contribution is -0.296. The molecule has 5 saturated heterocycles. The molecule has 8 aliphatic rings. The molecule has 11 rings (SSSR count). The van der Waals surface area contributed by atoms with Gasteiger partial charge in [0.25, 0.3) is 0 Å². The molecule has 3 aliphatic carbocycles. The average Bonchev–Trinajstić information content (AvgIpc) is 3.37. The molecule has 0 radical (unpaired) electrons. The first-order valence-corrected chi connectivity index (χ1v) is 26.8. The van der Waals surface area contributed by atoms with Crippen molar-refractivity contribution < 1.29 is 91.8 Å². The molecule has 1 saturated carbocycles. The number of hydrogen-bond donors (Lipinski definition) is 5. The van der Waals surface area contributed by atoms with Crippen LogP contribution in [0.5, 0.6) is 11.5 Å². The number of benzene rings is 2. The fourth-order valence-corrected chi connectivity index (χ4v) is 12.7. The first-order chi connectivity index (χ1) is 36.5. The Morgan fingerprint density at radius 3 is 1.87 bits per heavy atom. The molecule has 0 spiro atoms. The number of Topliss-reactive ketones (excluding diaryl/α,β-unsaturated/α-hetero) is 4. The summed E-state index contributed by atoms with van der Waals surface area (Å²) >= 11 is 0. The number of hydrogen-bond acceptors (Lipinski definition) is 20. The fraction of sp³-hybridized carbons (Fsp3) is 0.596. The molecule has 3 aromatic rings. The Kier molecular flexibility index (Phi) is 14.2. The van der Waals surface area contributed by atoms with Crippen molar-refractivity contribution in [3.8, 4) is 22.6 Å². The summed E-state index contributed by atoms with van der Waals surface area (Å²) in [5.74, 6) is -2.84.